The number of ether oxygens (including phenoxy) is 2. The van der Waals surface area contributed by atoms with Crippen molar-refractivity contribution < 1.29 is 24.2 Å². The van der Waals surface area contributed by atoms with Crippen molar-refractivity contribution >= 4 is 11.9 Å². The van der Waals surface area contributed by atoms with Crippen LogP contribution >= 0.6 is 0 Å². The van der Waals surface area contributed by atoms with Gasteiger partial charge in [0.25, 0.3) is 5.91 Å². The molecule has 1 aromatic carbocycles. The van der Waals surface area contributed by atoms with Crippen LogP contribution in [0.5, 0.6) is 11.5 Å². The predicted molar refractivity (Wildman–Crippen MR) is 134 cm³/mol. The van der Waals surface area contributed by atoms with Crippen molar-refractivity contribution in [2.45, 2.75) is 58.5 Å². The Bertz CT molecular complexity index is 975. The lowest BCUT2D eigenvalue weighted by molar-refractivity contribution is -0.137. The molecule has 0 saturated carbocycles. The van der Waals surface area contributed by atoms with Gasteiger partial charge < -0.3 is 24.8 Å². The van der Waals surface area contributed by atoms with Crippen LogP contribution in [-0.2, 0) is 11.3 Å². The van der Waals surface area contributed by atoms with Gasteiger partial charge in [0.1, 0.15) is 11.5 Å². The Hall–Kier alpha value is -3.07. The quantitative estimate of drug-likeness (QED) is 0.471. The van der Waals surface area contributed by atoms with Gasteiger partial charge in [-0.15, -0.1) is 0 Å². The fourth-order valence-corrected chi connectivity index (χ4v) is 4.53. The molecule has 0 aliphatic carbocycles. The van der Waals surface area contributed by atoms with Crippen molar-refractivity contribution in [3.05, 3.63) is 30.0 Å². The minimum absolute atomic E-state index is 0.126. The van der Waals surface area contributed by atoms with Gasteiger partial charge in [-0.05, 0) is 56.5 Å². The van der Waals surface area contributed by atoms with Crippen LogP contribution in [0.2, 0.25) is 0 Å². The molecule has 1 saturated heterocycles. The average molecular weight is 487 g/mol. The monoisotopic (exact) mass is 486 g/mol. The zero-order valence-electron chi connectivity index (χ0n) is 21.2. The molecule has 1 amide bonds. The first kappa shape index (κ1) is 26.5. The molecule has 35 heavy (non-hydrogen) atoms. The SMILES string of the molecule is COc1cccc(OC)c1-c1cc(C(=O)NC(CCN2CCCCC2)CC(=O)O)nn1CC(C)C. The van der Waals surface area contributed by atoms with E-state index in [0.29, 0.717) is 30.2 Å². The van der Waals surface area contributed by atoms with E-state index in [4.69, 9.17) is 9.47 Å². The molecule has 1 aliphatic heterocycles. The average Bonchev–Trinajstić information content (AvgIpc) is 3.25. The number of nitrogens with zero attached hydrogens (tertiary/aromatic N) is 3. The summed E-state index contributed by atoms with van der Waals surface area (Å²) in [4.78, 5) is 27.0. The molecule has 3 rings (SSSR count). The molecule has 192 valence electrons. The largest absolute Gasteiger partial charge is 0.496 e. The summed E-state index contributed by atoms with van der Waals surface area (Å²) in [5.74, 6) is 0.207. The van der Waals surface area contributed by atoms with E-state index in [1.807, 2.05) is 18.2 Å². The third-order valence-electron chi connectivity index (χ3n) is 6.23. The lowest BCUT2D eigenvalue weighted by Crippen LogP contribution is -2.40. The highest BCUT2D eigenvalue weighted by molar-refractivity contribution is 5.94. The van der Waals surface area contributed by atoms with Gasteiger partial charge in [0, 0.05) is 19.1 Å². The van der Waals surface area contributed by atoms with Crippen LogP contribution in [0.25, 0.3) is 11.3 Å². The van der Waals surface area contributed by atoms with Crippen molar-refractivity contribution in [3.63, 3.8) is 0 Å². The Morgan fingerprint density at radius 3 is 2.34 bits per heavy atom. The normalized spacial score (nSPS) is 15.1. The Morgan fingerprint density at radius 2 is 1.77 bits per heavy atom. The molecule has 2 heterocycles. The number of carbonyl (C=O) groups excluding carboxylic acids is 1. The number of hydrogen-bond donors (Lipinski definition) is 2. The molecule has 9 heteroatoms. The Kier molecular flexibility index (Phi) is 9.54. The summed E-state index contributed by atoms with van der Waals surface area (Å²) in [5, 5.41) is 16.9. The highest BCUT2D eigenvalue weighted by Crippen LogP contribution is 2.38. The number of nitrogens with one attached hydrogen (secondary N) is 1. The smallest absolute Gasteiger partial charge is 0.305 e. The number of carboxylic acid groups (broad SMARTS) is 1. The molecule has 2 aromatic rings. The van der Waals surface area contributed by atoms with Crippen LogP contribution in [0.4, 0.5) is 0 Å². The van der Waals surface area contributed by atoms with Gasteiger partial charge in [0.2, 0.25) is 0 Å². The van der Waals surface area contributed by atoms with Crippen molar-refractivity contribution in [1.29, 1.82) is 0 Å². The van der Waals surface area contributed by atoms with Crippen LogP contribution in [0.3, 0.4) is 0 Å². The van der Waals surface area contributed by atoms with Gasteiger partial charge in [0.15, 0.2) is 5.69 Å². The highest BCUT2D eigenvalue weighted by atomic mass is 16.5. The van der Waals surface area contributed by atoms with E-state index in [-0.39, 0.29) is 23.9 Å². The van der Waals surface area contributed by atoms with Crippen LogP contribution in [0.15, 0.2) is 24.3 Å². The van der Waals surface area contributed by atoms with Crippen molar-refractivity contribution in [2.24, 2.45) is 5.92 Å². The first-order valence-electron chi connectivity index (χ1n) is 12.4. The van der Waals surface area contributed by atoms with Gasteiger partial charge >= 0.3 is 5.97 Å². The lowest BCUT2D eigenvalue weighted by Gasteiger charge is -2.28. The molecule has 1 aliphatic rings. The first-order valence-corrected chi connectivity index (χ1v) is 12.4. The molecular formula is C26H38N4O5. The first-order chi connectivity index (χ1) is 16.8. The summed E-state index contributed by atoms with van der Waals surface area (Å²) in [6, 6.07) is 6.78. The van der Waals surface area contributed by atoms with Crippen LogP contribution in [0.1, 0.15) is 56.4 Å². The fraction of sp³-hybridized carbons (Fsp3) is 0.577. The third-order valence-corrected chi connectivity index (χ3v) is 6.23. The number of rotatable bonds is 12. The van der Waals surface area contributed by atoms with E-state index < -0.39 is 12.0 Å². The number of amides is 1. The molecule has 0 radical (unpaired) electrons. The molecule has 0 bridgehead atoms. The summed E-state index contributed by atoms with van der Waals surface area (Å²) in [7, 11) is 3.18. The van der Waals surface area contributed by atoms with E-state index in [1.54, 1.807) is 25.0 Å². The number of piperidine rings is 1. The highest BCUT2D eigenvalue weighted by Gasteiger charge is 2.24. The van der Waals surface area contributed by atoms with E-state index in [2.05, 4.69) is 29.2 Å². The second-order valence-electron chi connectivity index (χ2n) is 9.49. The topological polar surface area (TPSA) is 106 Å². The standard InChI is InChI=1S/C26H38N4O5/c1-18(2)17-30-21(25-22(34-3)9-8-10-23(25)35-4)16-20(28-30)26(33)27-19(15-24(31)32)11-14-29-12-6-5-7-13-29/h8-10,16,18-19H,5-7,11-15,17H2,1-4H3,(H,27,33)(H,31,32). The third kappa shape index (κ3) is 7.21. The molecule has 9 nitrogen and oxygen atoms in total. The maximum absolute atomic E-state index is 13.2. The molecule has 1 atom stereocenters. The second kappa shape index (κ2) is 12.6. The summed E-state index contributed by atoms with van der Waals surface area (Å²) in [6.07, 6.45) is 4.03. The lowest BCUT2D eigenvalue weighted by atomic mass is 10.1. The van der Waals surface area contributed by atoms with E-state index in [0.717, 1.165) is 25.2 Å². The maximum atomic E-state index is 13.2. The minimum Gasteiger partial charge on any atom is -0.496 e. The molecule has 1 fully saturated rings. The van der Waals surface area contributed by atoms with Crippen LogP contribution in [-0.4, -0.2) is 71.6 Å². The van der Waals surface area contributed by atoms with Gasteiger partial charge in [-0.3, -0.25) is 14.3 Å². The van der Waals surface area contributed by atoms with E-state index in [9.17, 15) is 14.7 Å². The number of likely N-dealkylation sites (tertiary alicyclic amines) is 1. The zero-order chi connectivity index (χ0) is 25.4. The van der Waals surface area contributed by atoms with Crippen molar-refractivity contribution in [2.75, 3.05) is 33.9 Å². The molecule has 2 N–H and O–H groups in total. The van der Waals surface area contributed by atoms with Crippen molar-refractivity contribution in [3.8, 4) is 22.8 Å². The summed E-state index contributed by atoms with van der Waals surface area (Å²) in [5.41, 5.74) is 1.67. The number of carboxylic acids is 1. The number of aromatic nitrogens is 2. The number of hydrogen-bond acceptors (Lipinski definition) is 6. The summed E-state index contributed by atoms with van der Waals surface area (Å²) < 4.78 is 12.9. The van der Waals surface area contributed by atoms with E-state index in [1.165, 1.54) is 19.3 Å². The van der Waals surface area contributed by atoms with Gasteiger partial charge in [-0.2, -0.15) is 5.10 Å². The van der Waals surface area contributed by atoms with Gasteiger partial charge in [0.05, 0.1) is 31.9 Å². The predicted octanol–water partition coefficient (Wildman–Crippen LogP) is 3.67. The molecule has 0 spiro atoms. The maximum Gasteiger partial charge on any atom is 0.305 e. The number of methoxy groups -OCH3 is 2. The molecule has 1 aromatic heterocycles. The minimum atomic E-state index is -0.932. The summed E-state index contributed by atoms with van der Waals surface area (Å²) >= 11 is 0. The molecule has 1 unspecified atom stereocenters. The van der Waals surface area contributed by atoms with Gasteiger partial charge in [-0.25, -0.2) is 0 Å². The number of benzene rings is 1. The van der Waals surface area contributed by atoms with Gasteiger partial charge in [-0.1, -0.05) is 26.3 Å². The van der Waals surface area contributed by atoms with Crippen molar-refractivity contribution in [1.82, 2.24) is 20.0 Å². The summed E-state index contributed by atoms with van der Waals surface area (Å²) in [6.45, 7) is 7.57. The van der Waals surface area contributed by atoms with Crippen LogP contribution in [0, 0.1) is 5.92 Å². The Balaban J connectivity index is 1.85. The van der Waals surface area contributed by atoms with E-state index >= 15 is 0 Å². The number of carbonyl (C=O) groups is 2. The second-order valence-corrected chi connectivity index (χ2v) is 9.49. The zero-order valence-corrected chi connectivity index (χ0v) is 21.2. The van der Waals surface area contributed by atoms with Crippen LogP contribution < -0.4 is 14.8 Å². The Morgan fingerprint density at radius 1 is 1.11 bits per heavy atom. The fourth-order valence-electron chi connectivity index (χ4n) is 4.53. The molecular weight excluding hydrogens is 448 g/mol. The Labute approximate surface area is 207 Å². The number of aliphatic carboxylic acids is 1.